The minimum atomic E-state index is -3.53. The summed E-state index contributed by atoms with van der Waals surface area (Å²) in [5.74, 6) is 2.13. The largest absolute Gasteiger partial charge is 0.369 e. The molecule has 0 fully saturated rings. The molecule has 1 heterocycles. The lowest BCUT2D eigenvalue weighted by Gasteiger charge is -2.15. The van der Waals surface area contributed by atoms with Gasteiger partial charge in [-0.05, 0) is 31.7 Å². The minimum Gasteiger partial charge on any atom is -0.369 e. The molecular formula is C12H21N3O2S2. The summed E-state index contributed by atoms with van der Waals surface area (Å²) in [7, 11) is -3.53. The van der Waals surface area contributed by atoms with Crippen molar-refractivity contribution in [1.82, 2.24) is 9.71 Å². The maximum Gasteiger partial charge on any atom is 0.244 e. The van der Waals surface area contributed by atoms with Crippen molar-refractivity contribution >= 4 is 27.6 Å². The summed E-state index contributed by atoms with van der Waals surface area (Å²) in [4.78, 5) is 4.27. The first-order valence-corrected chi connectivity index (χ1v) is 8.94. The highest BCUT2D eigenvalue weighted by atomic mass is 32.2. The van der Waals surface area contributed by atoms with Gasteiger partial charge in [0.05, 0.1) is 0 Å². The molecule has 7 heteroatoms. The summed E-state index contributed by atoms with van der Waals surface area (Å²) in [5.41, 5.74) is 0. The standard InChI is InChI=1S/C12H21N3O2S2/c1-4-13-12-11(7-6-8-14-12)19(16,17)15-10(3)9-18-5-2/h6-8,10,15H,4-5,9H2,1-3H3,(H,13,14). The van der Waals surface area contributed by atoms with E-state index in [2.05, 4.69) is 21.9 Å². The van der Waals surface area contributed by atoms with Gasteiger partial charge in [-0.2, -0.15) is 11.8 Å². The molecule has 0 aromatic carbocycles. The molecule has 5 nitrogen and oxygen atoms in total. The van der Waals surface area contributed by atoms with Crippen molar-refractivity contribution in [3.05, 3.63) is 18.3 Å². The van der Waals surface area contributed by atoms with Crippen LogP contribution in [0.15, 0.2) is 23.2 Å². The average Bonchev–Trinajstić information content (AvgIpc) is 2.37. The molecule has 0 saturated carbocycles. The van der Waals surface area contributed by atoms with Crippen molar-refractivity contribution in [3.63, 3.8) is 0 Å². The first-order chi connectivity index (χ1) is 9.01. The van der Waals surface area contributed by atoms with Crippen LogP contribution in [-0.4, -0.2) is 37.5 Å². The number of rotatable bonds is 8. The lowest BCUT2D eigenvalue weighted by molar-refractivity contribution is 0.571. The van der Waals surface area contributed by atoms with Crippen LogP contribution in [0.3, 0.4) is 0 Å². The lowest BCUT2D eigenvalue weighted by Crippen LogP contribution is -2.34. The quantitative estimate of drug-likeness (QED) is 0.768. The predicted octanol–water partition coefficient (Wildman–Crippen LogP) is 1.93. The molecule has 0 aliphatic heterocycles. The molecular weight excluding hydrogens is 282 g/mol. The van der Waals surface area contributed by atoms with Crippen molar-refractivity contribution in [3.8, 4) is 0 Å². The number of aromatic nitrogens is 1. The zero-order valence-electron chi connectivity index (χ0n) is 11.5. The van der Waals surface area contributed by atoms with E-state index in [-0.39, 0.29) is 10.9 Å². The van der Waals surface area contributed by atoms with E-state index in [4.69, 9.17) is 0 Å². The summed E-state index contributed by atoms with van der Waals surface area (Å²) in [6, 6.07) is 3.08. The van der Waals surface area contributed by atoms with Gasteiger partial charge in [0.1, 0.15) is 10.7 Å². The van der Waals surface area contributed by atoms with Gasteiger partial charge >= 0.3 is 0 Å². The monoisotopic (exact) mass is 303 g/mol. The Morgan fingerprint density at radius 3 is 2.79 bits per heavy atom. The normalized spacial score (nSPS) is 13.2. The molecule has 1 aromatic rings. The summed E-state index contributed by atoms with van der Waals surface area (Å²) in [6.07, 6.45) is 1.58. The Hall–Kier alpha value is -0.790. The maximum atomic E-state index is 12.3. The van der Waals surface area contributed by atoms with E-state index in [9.17, 15) is 8.42 Å². The zero-order valence-corrected chi connectivity index (χ0v) is 13.1. The van der Waals surface area contributed by atoms with E-state index in [0.29, 0.717) is 12.4 Å². The van der Waals surface area contributed by atoms with Gasteiger partial charge in [-0.1, -0.05) is 6.92 Å². The molecule has 0 bridgehead atoms. The Kier molecular flexibility index (Phi) is 6.60. The summed E-state index contributed by atoms with van der Waals surface area (Å²) in [5, 5.41) is 2.96. The van der Waals surface area contributed by atoms with E-state index >= 15 is 0 Å². The first kappa shape index (κ1) is 16.3. The summed E-state index contributed by atoms with van der Waals surface area (Å²) in [6.45, 7) is 6.44. The molecule has 0 saturated heterocycles. The third-order valence-electron chi connectivity index (χ3n) is 2.33. The van der Waals surface area contributed by atoms with Gasteiger partial charge in [0.25, 0.3) is 0 Å². The maximum absolute atomic E-state index is 12.3. The molecule has 0 amide bonds. The van der Waals surface area contributed by atoms with Crippen LogP contribution < -0.4 is 10.0 Å². The molecule has 2 N–H and O–H groups in total. The average molecular weight is 303 g/mol. The van der Waals surface area contributed by atoms with Gasteiger partial charge in [0.2, 0.25) is 10.0 Å². The van der Waals surface area contributed by atoms with Crippen LogP contribution in [0.1, 0.15) is 20.8 Å². The number of thioether (sulfide) groups is 1. The van der Waals surface area contributed by atoms with Crippen LogP contribution >= 0.6 is 11.8 Å². The fourth-order valence-electron chi connectivity index (χ4n) is 1.56. The topological polar surface area (TPSA) is 71.1 Å². The van der Waals surface area contributed by atoms with Gasteiger partial charge in [-0.15, -0.1) is 0 Å². The van der Waals surface area contributed by atoms with Crippen molar-refractivity contribution in [2.75, 3.05) is 23.4 Å². The van der Waals surface area contributed by atoms with Gasteiger partial charge in [0, 0.05) is 24.5 Å². The molecule has 1 atom stereocenters. The number of sulfonamides is 1. The Labute approximate surface area is 119 Å². The fraction of sp³-hybridized carbons (Fsp3) is 0.583. The van der Waals surface area contributed by atoms with Crippen molar-refractivity contribution < 1.29 is 8.42 Å². The second-order valence-electron chi connectivity index (χ2n) is 4.06. The zero-order chi connectivity index (χ0) is 14.3. The Morgan fingerprint density at radius 1 is 1.42 bits per heavy atom. The Bertz CT molecular complexity index is 492. The molecule has 1 rings (SSSR count). The molecule has 1 unspecified atom stereocenters. The fourth-order valence-corrected chi connectivity index (χ4v) is 3.72. The van der Waals surface area contributed by atoms with E-state index in [1.165, 1.54) is 0 Å². The van der Waals surface area contributed by atoms with Crippen molar-refractivity contribution in [1.29, 1.82) is 0 Å². The summed E-state index contributed by atoms with van der Waals surface area (Å²) < 4.78 is 27.3. The first-order valence-electron chi connectivity index (χ1n) is 6.30. The Morgan fingerprint density at radius 2 is 2.16 bits per heavy atom. The SMILES string of the molecule is CCNc1ncccc1S(=O)(=O)NC(C)CSCC. The highest BCUT2D eigenvalue weighted by Gasteiger charge is 2.21. The third-order valence-corrected chi connectivity index (χ3v) is 5.10. The van der Waals surface area contributed by atoms with Crippen molar-refractivity contribution in [2.24, 2.45) is 0 Å². The van der Waals surface area contributed by atoms with E-state index < -0.39 is 10.0 Å². The van der Waals surface area contributed by atoms with Crippen LogP contribution in [0.25, 0.3) is 0 Å². The predicted molar refractivity (Wildman–Crippen MR) is 81.2 cm³/mol. The molecule has 108 valence electrons. The van der Waals surface area contributed by atoms with Crippen LogP contribution in [0.2, 0.25) is 0 Å². The van der Waals surface area contributed by atoms with E-state index in [1.807, 2.05) is 13.8 Å². The van der Waals surface area contributed by atoms with E-state index in [0.717, 1.165) is 11.5 Å². The van der Waals surface area contributed by atoms with Crippen LogP contribution in [0, 0.1) is 0 Å². The highest BCUT2D eigenvalue weighted by Crippen LogP contribution is 2.18. The van der Waals surface area contributed by atoms with Crippen LogP contribution in [0.4, 0.5) is 5.82 Å². The number of nitrogens with zero attached hydrogens (tertiary/aromatic N) is 1. The molecule has 1 aromatic heterocycles. The minimum absolute atomic E-state index is 0.107. The second kappa shape index (κ2) is 7.72. The van der Waals surface area contributed by atoms with E-state index in [1.54, 1.807) is 30.1 Å². The molecule has 0 aliphatic rings. The smallest absolute Gasteiger partial charge is 0.244 e. The van der Waals surface area contributed by atoms with Gasteiger partial charge < -0.3 is 5.32 Å². The van der Waals surface area contributed by atoms with Gasteiger partial charge in [-0.3, -0.25) is 0 Å². The van der Waals surface area contributed by atoms with Gasteiger partial charge in [-0.25, -0.2) is 18.1 Å². The van der Waals surface area contributed by atoms with Crippen LogP contribution in [0.5, 0.6) is 0 Å². The number of hydrogen-bond acceptors (Lipinski definition) is 5. The Balaban J connectivity index is 2.88. The molecule has 0 spiro atoms. The van der Waals surface area contributed by atoms with Crippen LogP contribution in [-0.2, 0) is 10.0 Å². The van der Waals surface area contributed by atoms with Crippen molar-refractivity contribution in [2.45, 2.75) is 31.7 Å². The number of anilines is 1. The third kappa shape index (κ3) is 5.00. The highest BCUT2D eigenvalue weighted by molar-refractivity contribution is 7.99. The number of hydrogen-bond donors (Lipinski definition) is 2. The molecule has 0 radical (unpaired) electrons. The second-order valence-corrected chi connectivity index (χ2v) is 7.06. The van der Waals surface area contributed by atoms with Gasteiger partial charge in [0.15, 0.2) is 0 Å². The molecule has 19 heavy (non-hydrogen) atoms. The number of pyridine rings is 1. The number of nitrogens with one attached hydrogen (secondary N) is 2. The lowest BCUT2D eigenvalue weighted by atomic mass is 10.4. The summed E-state index contributed by atoms with van der Waals surface area (Å²) >= 11 is 1.71. The molecule has 0 aliphatic carbocycles.